The fourth-order valence-electron chi connectivity index (χ4n) is 5.38. The summed E-state index contributed by atoms with van der Waals surface area (Å²) in [5.41, 5.74) is 9.08. The summed E-state index contributed by atoms with van der Waals surface area (Å²) in [6, 6.07) is 7.98. The van der Waals surface area contributed by atoms with Crippen LogP contribution in [0, 0.1) is 47.4 Å². The summed E-state index contributed by atoms with van der Waals surface area (Å²) in [7, 11) is 0. The van der Waals surface area contributed by atoms with Gasteiger partial charge in [-0.05, 0) is 77.0 Å². The second-order valence-electron chi connectivity index (χ2n) is 13.8. The van der Waals surface area contributed by atoms with Crippen molar-refractivity contribution in [1.29, 1.82) is 0 Å². The molecule has 0 radical (unpaired) electrons. The van der Waals surface area contributed by atoms with Crippen LogP contribution in [0.3, 0.4) is 0 Å². The smallest absolute Gasteiger partial charge is 0.171 e. The SMILES string of the molecule is CCCC#Cc1cc[nH+]cc1CCCO.CCCC#Cc1cc[nH+]cc1CCCO.CCCC#Cc1cc[nH+]cc1CCCO.CCCC#Cc1cc[nH+]cc1CCCO.[Br-].[Br-].[Br-].[Br-]. The molecule has 64 heavy (non-hydrogen) atoms. The molecule has 0 bridgehead atoms. The highest BCUT2D eigenvalue weighted by atomic mass is 79.9. The van der Waals surface area contributed by atoms with E-state index >= 15 is 0 Å². The van der Waals surface area contributed by atoms with Gasteiger partial charge < -0.3 is 88.4 Å². The van der Waals surface area contributed by atoms with Crippen molar-refractivity contribution < 1.29 is 108 Å². The predicted octanol–water partition coefficient (Wildman–Crippen LogP) is -5.68. The van der Waals surface area contributed by atoms with Crippen LogP contribution in [0.25, 0.3) is 0 Å². The number of aromatic amines is 4. The predicted molar refractivity (Wildman–Crippen MR) is 241 cm³/mol. The number of aliphatic hydroxyl groups is 4. The van der Waals surface area contributed by atoms with Crippen molar-refractivity contribution >= 4 is 0 Å². The number of hydrogen-bond acceptors (Lipinski definition) is 4. The Kier molecular flexibility index (Phi) is 51.5. The van der Waals surface area contributed by atoms with Crippen LogP contribution in [0.4, 0.5) is 0 Å². The lowest BCUT2D eigenvalue weighted by Gasteiger charge is -1.98. The number of rotatable bonds is 16. The molecule has 0 aromatic carbocycles. The topological polar surface area (TPSA) is 137 Å². The summed E-state index contributed by atoms with van der Waals surface area (Å²) in [4.78, 5) is 12.2. The third kappa shape index (κ3) is 33.1. The lowest BCUT2D eigenvalue weighted by atomic mass is 10.1. The molecule has 0 aliphatic heterocycles. The average molecular weight is 1140 g/mol. The summed E-state index contributed by atoms with van der Waals surface area (Å²) >= 11 is 0. The first-order valence-electron chi connectivity index (χ1n) is 21.9. The number of hydrogen-bond donors (Lipinski definition) is 4. The van der Waals surface area contributed by atoms with E-state index in [1.807, 2.05) is 73.8 Å². The molecule has 352 valence electrons. The number of unbranched alkanes of at least 4 members (excludes halogenated alkanes) is 4. The molecular weight excluding hydrogens is 1060 g/mol. The van der Waals surface area contributed by atoms with Crippen LogP contribution in [-0.2, 0) is 25.7 Å². The molecule has 4 aromatic rings. The molecule has 0 atom stereocenters. The Balaban J connectivity index is -0.000000367. The van der Waals surface area contributed by atoms with Gasteiger partial charge in [-0.2, -0.15) is 0 Å². The molecule has 0 saturated heterocycles. The fourth-order valence-corrected chi connectivity index (χ4v) is 5.38. The molecule has 0 fully saturated rings. The van der Waals surface area contributed by atoms with Crippen LogP contribution < -0.4 is 87.9 Å². The normalized spacial score (nSPS) is 8.88. The largest absolute Gasteiger partial charge is 1.00 e. The van der Waals surface area contributed by atoms with Crippen molar-refractivity contribution in [2.24, 2.45) is 0 Å². The molecule has 0 aliphatic rings. The molecule has 4 rings (SSSR count). The summed E-state index contributed by atoms with van der Waals surface area (Å²) < 4.78 is 0. The van der Waals surface area contributed by atoms with Crippen molar-refractivity contribution in [3.8, 4) is 47.4 Å². The van der Waals surface area contributed by atoms with E-state index in [0.29, 0.717) is 0 Å². The van der Waals surface area contributed by atoms with Crippen molar-refractivity contribution in [1.82, 2.24) is 0 Å². The molecule has 12 heteroatoms. The van der Waals surface area contributed by atoms with Crippen molar-refractivity contribution in [2.45, 2.75) is 130 Å². The highest BCUT2D eigenvalue weighted by Gasteiger charge is 2.05. The van der Waals surface area contributed by atoms with Crippen LogP contribution in [0.1, 0.15) is 149 Å². The molecular formula is C52H72Br4N4O4. The molecule has 8 nitrogen and oxygen atoms in total. The zero-order valence-electron chi connectivity index (χ0n) is 38.4. The number of aryl methyl sites for hydroxylation is 4. The highest BCUT2D eigenvalue weighted by molar-refractivity contribution is 5.40. The number of pyridine rings is 4. The zero-order chi connectivity index (χ0) is 43.7. The average Bonchev–Trinajstić information content (AvgIpc) is 3.28. The van der Waals surface area contributed by atoms with Gasteiger partial charge in [0.05, 0.1) is 0 Å². The standard InChI is InChI=1S/4C13H17NO.4BrH/c4*1-2-3-4-6-12-8-9-14-11-13(12)7-5-10-15;;;;/h4*8-9,11,15H,2-3,5,7,10H2,1H3;4*1H. The second kappa shape index (κ2) is 49.0. The molecule has 0 saturated carbocycles. The van der Waals surface area contributed by atoms with Gasteiger partial charge in [0.2, 0.25) is 0 Å². The van der Waals surface area contributed by atoms with E-state index in [4.69, 9.17) is 20.4 Å². The Morgan fingerprint density at radius 1 is 0.359 bits per heavy atom. The van der Waals surface area contributed by atoms with E-state index in [1.165, 1.54) is 22.3 Å². The highest BCUT2D eigenvalue weighted by Crippen LogP contribution is 2.09. The monoisotopic (exact) mass is 1130 g/mol. The number of nitrogens with one attached hydrogen (secondary N) is 4. The summed E-state index contributed by atoms with van der Waals surface area (Å²) in [5, 5.41) is 35.1. The van der Waals surface area contributed by atoms with Crippen molar-refractivity contribution in [3.63, 3.8) is 0 Å². The quantitative estimate of drug-likeness (QED) is 0.0834. The number of H-pyrrole nitrogens is 4. The molecule has 4 heterocycles. The van der Waals surface area contributed by atoms with E-state index in [1.54, 1.807) is 0 Å². The fraction of sp³-hybridized carbons (Fsp3) is 0.462. The molecule has 0 aliphatic carbocycles. The van der Waals surface area contributed by atoms with Gasteiger partial charge in [0.1, 0.15) is 0 Å². The van der Waals surface area contributed by atoms with Gasteiger partial charge in [0.15, 0.2) is 49.6 Å². The van der Waals surface area contributed by atoms with Crippen LogP contribution in [-0.4, -0.2) is 46.9 Å². The Morgan fingerprint density at radius 2 is 0.562 bits per heavy atom. The minimum absolute atomic E-state index is 0. The lowest BCUT2D eigenvalue weighted by molar-refractivity contribution is -0.379. The van der Waals surface area contributed by atoms with E-state index < -0.39 is 0 Å². The summed E-state index contributed by atoms with van der Waals surface area (Å²) in [5.74, 6) is 25.3. The van der Waals surface area contributed by atoms with Gasteiger partial charge >= 0.3 is 0 Å². The van der Waals surface area contributed by atoms with Gasteiger partial charge in [0, 0.05) is 121 Å². The molecule has 0 unspecified atom stereocenters. The first kappa shape index (κ1) is 67.2. The van der Waals surface area contributed by atoms with E-state index in [2.05, 4.69) is 95.0 Å². The number of aliphatic hydroxyl groups excluding tert-OH is 4. The van der Waals surface area contributed by atoms with Crippen LogP contribution in [0.5, 0.6) is 0 Å². The second-order valence-corrected chi connectivity index (χ2v) is 13.8. The van der Waals surface area contributed by atoms with Gasteiger partial charge in [-0.15, -0.1) is 0 Å². The van der Waals surface area contributed by atoms with Crippen LogP contribution in [0.2, 0.25) is 0 Å². The van der Waals surface area contributed by atoms with E-state index in [9.17, 15) is 0 Å². The minimum atomic E-state index is 0. The maximum atomic E-state index is 8.79. The maximum Gasteiger partial charge on any atom is 0.171 e. The van der Waals surface area contributed by atoms with Crippen molar-refractivity contribution in [2.75, 3.05) is 26.4 Å². The first-order valence-corrected chi connectivity index (χ1v) is 21.9. The van der Waals surface area contributed by atoms with Gasteiger partial charge in [-0.1, -0.05) is 75.1 Å². The Bertz CT molecular complexity index is 1700. The van der Waals surface area contributed by atoms with Crippen molar-refractivity contribution in [3.05, 3.63) is 118 Å². The van der Waals surface area contributed by atoms with Gasteiger partial charge in [-0.3, -0.25) is 0 Å². The number of aromatic nitrogens is 4. The van der Waals surface area contributed by atoms with Crippen LogP contribution >= 0.6 is 0 Å². The molecule has 0 amide bonds. The number of halogens is 4. The molecule has 0 spiro atoms. The van der Waals surface area contributed by atoms with E-state index in [0.717, 1.165) is 125 Å². The Labute approximate surface area is 427 Å². The third-order valence-corrected chi connectivity index (χ3v) is 8.61. The van der Waals surface area contributed by atoms with Gasteiger partial charge in [0.25, 0.3) is 0 Å². The van der Waals surface area contributed by atoms with Crippen LogP contribution in [0.15, 0.2) is 73.8 Å². The zero-order valence-corrected chi connectivity index (χ0v) is 44.7. The Morgan fingerprint density at radius 3 is 0.734 bits per heavy atom. The third-order valence-electron chi connectivity index (χ3n) is 8.61. The van der Waals surface area contributed by atoms with E-state index in [-0.39, 0.29) is 94.4 Å². The van der Waals surface area contributed by atoms with Gasteiger partial charge in [-0.25, -0.2) is 19.9 Å². The minimum Gasteiger partial charge on any atom is -1.00 e. The lowest BCUT2D eigenvalue weighted by Crippen LogP contribution is -3.00. The maximum absolute atomic E-state index is 8.79. The summed E-state index contributed by atoms with van der Waals surface area (Å²) in [6.45, 7) is 9.43. The molecule has 4 aromatic heterocycles. The molecule has 8 N–H and O–H groups in total. The first-order chi connectivity index (χ1) is 29.5. The summed E-state index contributed by atoms with van der Waals surface area (Å²) in [6.07, 6.45) is 30.2. The Hall–Kier alpha value is -3.40.